The lowest BCUT2D eigenvalue weighted by atomic mass is 10.3. The second-order valence-electron chi connectivity index (χ2n) is 5.55. The zero-order valence-electron chi connectivity index (χ0n) is 14.2. The molecule has 26 heavy (non-hydrogen) atoms. The Morgan fingerprint density at radius 1 is 0.808 bits per heavy atom. The van der Waals surface area contributed by atoms with E-state index >= 15 is 0 Å². The molecule has 0 unspecified atom stereocenters. The Morgan fingerprint density at radius 2 is 1.35 bits per heavy atom. The van der Waals surface area contributed by atoms with E-state index in [0.717, 1.165) is 5.75 Å². The van der Waals surface area contributed by atoms with Crippen molar-refractivity contribution < 1.29 is 13.2 Å². The van der Waals surface area contributed by atoms with Crippen LogP contribution in [0.5, 0.6) is 11.5 Å². The molecule has 3 aromatic carbocycles. The molecule has 0 spiro atoms. The molecule has 0 saturated heterocycles. The minimum absolute atomic E-state index is 0.177. The first kappa shape index (κ1) is 17.8. The Hall–Kier alpha value is -3.05. The van der Waals surface area contributed by atoms with Gasteiger partial charge in [-0.25, -0.2) is 8.42 Å². The molecule has 0 aliphatic rings. The summed E-state index contributed by atoms with van der Waals surface area (Å²) in [7, 11) is -3.67. The maximum absolute atomic E-state index is 12.9. The van der Waals surface area contributed by atoms with Gasteiger partial charge in [-0.15, -0.1) is 6.58 Å². The van der Waals surface area contributed by atoms with Crippen LogP contribution >= 0.6 is 0 Å². The first-order chi connectivity index (χ1) is 12.6. The van der Waals surface area contributed by atoms with Crippen molar-refractivity contribution in [3.63, 3.8) is 0 Å². The van der Waals surface area contributed by atoms with E-state index in [-0.39, 0.29) is 11.4 Å². The number of nitrogens with zero attached hydrogens (tertiary/aromatic N) is 1. The van der Waals surface area contributed by atoms with E-state index < -0.39 is 10.0 Å². The maximum Gasteiger partial charge on any atom is 0.264 e. The van der Waals surface area contributed by atoms with Gasteiger partial charge in [-0.1, -0.05) is 42.5 Å². The van der Waals surface area contributed by atoms with Crippen molar-refractivity contribution >= 4 is 15.7 Å². The molecule has 4 nitrogen and oxygen atoms in total. The molecule has 0 aliphatic heterocycles. The van der Waals surface area contributed by atoms with E-state index in [1.165, 1.54) is 4.31 Å². The van der Waals surface area contributed by atoms with Crippen LogP contribution in [0.25, 0.3) is 0 Å². The van der Waals surface area contributed by atoms with Crippen LogP contribution in [-0.4, -0.2) is 15.0 Å². The Bertz CT molecular complexity index is 953. The third-order valence-electron chi connectivity index (χ3n) is 3.73. The topological polar surface area (TPSA) is 46.6 Å². The van der Waals surface area contributed by atoms with E-state index in [0.29, 0.717) is 11.4 Å². The van der Waals surface area contributed by atoms with E-state index in [1.807, 2.05) is 30.3 Å². The summed E-state index contributed by atoms with van der Waals surface area (Å²) in [4.78, 5) is 0.242. The van der Waals surface area contributed by atoms with Gasteiger partial charge < -0.3 is 4.74 Å². The highest BCUT2D eigenvalue weighted by molar-refractivity contribution is 7.92. The lowest BCUT2D eigenvalue weighted by Gasteiger charge is -2.23. The number of para-hydroxylation sites is 1. The molecule has 3 rings (SSSR count). The molecule has 0 saturated carbocycles. The van der Waals surface area contributed by atoms with Gasteiger partial charge in [0.15, 0.2) is 0 Å². The molecule has 0 amide bonds. The van der Waals surface area contributed by atoms with Crippen LogP contribution in [0.4, 0.5) is 5.69 Å². The molecule has 0 N–H and O–H groups in total. The average molecular weight is 365 g/mol. The third kappa shape index (κ3) is 3.95. The van der Waals surface area contributed by atoms with Gasteiger partial charge in [-0.05, 0) is 48.5 Å². The van der Waals surface area contributed by atoms with Crippen LogP contribution in [0.2, 0.25) is 0 Å². The largest absolute Gasteiger partial charge is 0.457 e. The van der Waals surface area contributed by atoms with Crippen LogP contribution in [0.1, 0.15) is 0 Å². The molecular weight excluding hydrogens is 346 g/mol. The summed E-state index contributed by atoms with van der Waals surface area (Å²) in [5.41, 5.74) is 0.550. The molecule has 0 radical (unpaired) electrons. The van der Waals surface area contributed by atoms with Crippen LogP contribution in [0.15, 0.2) is 102 Å². The normalized spacial score (nSPS) is 10.9. The van der Waals surface area contributed by atoms with Gasteiger partial charge in [0, 0.05) is 0 Å². The zero-order valence-corrected chi connectivity index (χ0v) is 15.0. The number of hydrogen-bond donors (Lipinski definition) is 0. The number of ether oxygens (including phenoxy) is 1. The van der Waals surface area contributed by atoms with Gasteiger partial charge in [0.1, 0.15) is 11.5 Å². The molecule has 0 atom stereocenters. The molecule has 0 aromatic heterocycles. The zero-order chi connectivity index (χ0) is 18.4. The first-order valence-electron chi connectivity index (χ1n) is 8.13. The molecule has 132 valence electrons. The maximum atomic E-state index is 12.9. The highest BCUT2D eigenvalue weighted by atomic mass is 32.2. The minimum atomic E-state index is -3.67. The fourth-order valence-electron chi connectivity index (χ4n) is 2.48. The Balaban J connectivity index is 1.88. The second kappa shape index (κ2) is 7.89. The summed E-state index contributed by atoms with van der Waals surface area (Å²) in [5, 5.41) is 0. The highest BCUT2D eigenvalue weighted by Gasteiger charge is 2.23. The standard InChI is InChI=1S/C21H19NO3S/c1-2-17-22(26(23,24)21-11-7-4-8-12-21)18-13-15-20(16-14-18)25-19-9-5-3-6-10-19/h2-16H,1,17H2. The summed E-state index contributed by atoms with van der Waals surface area (Å²) >= 11 is 0. The number of benzene rings is 3. The molecule has 5 heteroatoms. The second-order valence-corrected chi connectivity index (χ2v) is 7.41. The van der Waals surface area contributed by atoms with Crippen molar-refractivity contribution in [3.05, 3.63) is 97.6 Å². The number of sulfonamides is 1. The molecule has 3 aromatic rings. The summed E-state index contributed by atoms with van der Waals surface area (Å²) in [6.07, 6.45) is 1.56. The van der Waals surface area contributed by atoms with Crippen molar-refractivity contribution in [2.75, 3.05) is 10.8 Å². The van der Waals surface area contributed by atoms with Gasteiger partial charge in [-0.3, -0.25) is 4.31 Å². The van der Waals surface area contributed by atoms with Gasteiger partial charge >= 0.3 is 0 Å². The molecule has 0 bridgehead atoms. The van der Waals surface area contributed by atoms with Gasteiger partial charge in [-0.2, -0.15) is 0 Å². The number of rotatable bonds is 7. The van der Waals surface area contributed by atoms with Crippen molar-refractivity contribution in [2.45, 2.75) is 4.90 Å². The smallest absolute Gasteiger partial charge is 0.264 e. The summed E-state index contributed by atoms with van der Waals surface area (Å²) in [6.45, 7) is 3.85. The average Bonchev–Trinajstić information content (AvgIpc) is 2.68. The predicted octanol–water partition coefficient (Wildman–Crippen LogP) is 4.86. The quantitative estimate of drug-likeness (QED) is 0.562. The lowest BCUT2D eigenvalue weighted by molar-refractivity contribution is 0.482. The third-order valence-corrected chi connectivity index (χ3v) is 5.54. The fraction of sp³-hybridized carbons (Fsp3) is 0.0476. The summed E-state index contributed by atoms with van der Waals surface area (Å²) in [6, 6.07) is 24.7. The summed E-state index contributed by atoms with van der Waals surface area (Å²) < 4.78 is 33.0. The van der Waals surface area contributed by atoms with Crippen LogP contribution in [0.3, 0.4) is 0 Å². The van der Waals surface area contributed by atoms with Gasteiger partial charge in [0.05, 0.1) is 17.1 Å². The predicted molar refractivity (Wildman–Crippen MR) is 104 cm³/mol. The van der Waals surface area contributed by atoms with Crippen molar-refractivity contribution in [3.8, 4) is 11.5 Å². The molecular formula is C21H19NO3S. The number of hydrogen-bond acceptors (Lipinski definition) is 3. The Labute approximate surface area is 154 Å². The van der Waals surface area contributed by atoms with E-state index in [4.69, 9.17) is 4.74 Å². The van der Waals surface area contributed by atoms with Crippen molar-refractivity contribution in [2.24, 2.45) is 0 Å². The molecule has 0 aliphatic carbocycles. The van der Waals surface area contributed by atoms with Crippen LogP contribution in [0, 0.1) is 0 Å². The van der Waals surface area contributed by atoms with Gasteiger partial charge in [0.25, 0.3) is 10.0 Å². The minimum Gasteiger partial charge on any atom is -0.457 e. The monoisotopic (exact) mass is 365 g/mol. The fourth-order valence-corrected chi connectivity index (χ4v) is 3.94. The summed E-state index contributed by atoms with van der Waals surface area (Å²) in [5.74, 6) is 1.36. The molecule has 0 fully saturated rings. The molecule has 0 heterocycles. The van der Waals surface area contributed by atoms with Crippen LogP contribution < -0.4 is 9.04 Å². The van der Waals surface area contributed by atoms with Gasteiger partial charge in [0.2, 0.25) is 0 Å². The highest BCUT2D eigenvalue weighted by Crippen LogP contribution is 2.27. The van der Waals surface area contributed by atoms with E-state index in [1.54, 1.807) is 60.7 Å². The van der Waals surface area contributed by atoms with E-state index in [9.17, 15) is 8.42 Å². The van der Waals surface area contributed by atoms with Crippen molar-refractivity contribution in [1.82, 2.24) is 0 Å². The first-order valence-corrected chi connectivity index (χ1v) is 9.57. The lowest BCUT2D eigenvalue weighted by Crippen LogP contribution is -2.31. The van der Waals surface area contributed by atoms with Crippen LogP contribution in [-0.2, 0) is 10.0 Å². The Kier molecular flexibility index (Phi) is 5.39. The Morgan fingerprint density at radius 3 is 1.92 bits per heavy atom. The van der Waals surface area contributed by atoms with E-state index in [2.05, 4.69) is 6.58 Å². The number of anilines is 1. The SMILES string of the molecule is C=CCN(c1ccc(Oc2ccccc2)cc1)S(=O)(=O)c1ccccc1. The van der Waals surface area contributed by atoms with Crippen molar-refractivity contribution in [1.29, 1.82) is 0 Å².